The van der Waals surface area contributed by atoms with Crippen molar-refractivity contribution in [2.24, 2.45) is 5.92 Å². The van der Waals surface area contributed by atoms with Gasteiger partial charge in [0, 0.05) is 0 Å². The first kappa shape index (κ1) is 17.7. The minimum absolute atomic E-state index is 0.732. The van der Waals surface area contributed by atoms with Gasteiger partial charge in [0.1, 0.15) is 0 Å². The normalized spacial score (nSPS) is 11.3. The zero-order valence-electron chi connectivity index (χ0n) is 11.7. The number of hydrogen-bond acceptors (Lipinski definition) is 2. The van der Waals surface area contributed by atoms with Gasteiger partial charge >= 0.3 is 0 Å². The Balaban J connectivity index is 3.03. The van der Waals surface area contributed by atoms with Gasteiger partial charge in [0.2, 0.25) is 0 Å². The van der Waals surface area contributed by atoms with Crippen LogP contribution in [0.5, 0.6) is 0 Å². The van der Waals surface area contributed by atoms with Crippen LogP contribution in [-0.4, -0.2) is 11.5 Å². The van der Waals surface area contributed by atoms with E-state index in [1.807, 2.05) is 0 Å². The second-order valence-electron chi connectivity index (χ2n) is 5.20. The van der Waals surface area contributed by atoms with Crippen LogP contribution in [0.25, 0.3) is 0 Å². The van der Waals surface area contributed by atoms with Crippen molar-refractivity contribution in [1.29, 1.82) is 0 Å². The monoisotopic (exact) mass is 276 g/mol. The Hall–Kier alpha value is 0.700. The van der Waals surface area contributed by atoms with Crippen LogP contribution >= 0.6 is 25.3 Å². The first-order valence-electron chi connectivity index (χ1n) is 7.56. The van der Waals surface area contributed by atoms with Gasteiger partial charge in [0.25, 0.3) is 0 Å². The average Bonchev–Trinajstić information content (AvgIpc) is 2.36. The second-order valence-corrected chi connectivity index (χ2v) is 5.93. The van der Waals surface area contributed by atoms with Gasteiger partial charge in [-0.15, -0.1) is 0 Å². The molecular weight excluding hydrogens is 244 g/mol. The lowest BCUT2D eigenvalue weighted by molar-refractivity contribution is 0.514. The quantitative estimate of drug-likeness (QED) is 0.309. The first-order valence-corrected chi connectivity index (χ1v) is 8.83. The van der Waals surface area contributed by atoms with Crippen molar-refractivity contribution in [1.82, 2.24) is 0 Å². The van der Waals surface area contributed by atoms with E-state index in [2.05, 4.69) is 32.2 Å². The fourth-order valence-electron chi connectivity index (χ4n) is 2.16. The van der Waals surface area contributed by atoms with Gasteiger partial charge in [-0.2, -0.15) is 25.3 Å². The number of rotatable bonds is 13. The first-order chi connectivity index (χ1) is 8.35. The molecule has 0 radical (unpaired) electrons. The van der Waals surface area contributed by atoms with E-state index in [1.165, 1.54) is 70.6 Å². The fourth-order valence-corrected chi connectivity index (χ4v) is 2.99. The third kappa shape index (κ3) is 12.9. The van der Waals surface area contributed by atoms with Crippen LogP contribution < -0.4 is 0 Å². The summed E-state index contributed by atoms with van der Waals surface area (Å²) in [5, 5.41) is 0. The number of hydrogen-bond donors (Lipinski definition) is 2. The molecule has 17 heavy (non-hydrogen) atoms. The smallest absolute Gasteiger partial charge is 0.00617 e. The van der Waals surface area contributed by atoms with Crippen LogP contribution in [0.2, 0.25) is 0 Å². The molecule has 0 bridgehead atoms. The van der Waals surface area contributed by atoms with Crippen LogP contribution in [0.15, 0.2) is 0 Å². The molecule has 2 heteroatoms. The van der Waals surface area contributed by atoms with Crippen LogP contribution in [0.1, 0.15) is 77.6 Å². The Morgan fingerprint density at radius 3 is 1.47 bits per heavy atom. The number of unbranched alkanes of at least 4 members (excludes halogenated alkanes) is 9. The third-order valence-corrected chi connectivity index (χ3v) is 4.52. The number of thiol groups is 2. The van der Waals surface area contributed by atoms with Gasteiger partial charge in [0.15, 0.2) is 0 Å². The maximum Gasteiger partial charge on any atom is -0.00617 e. The molecule has 0 rings (SSSR count). The zero-order chi connectivity index (χ0) is 12.8. The van der Waals surface area contributed by atoms with E-state index in [4.69, 9.17) is 0 Å². The summed E-state index contributed by atoms with van der Waals surface area (Å²) in [6.07, 6.45) is 15.6. The van der Waals surface area contributed by atoms with Crippen LogP contribution in [0.3, 0.4) is 0 Å². The predicted octanol–water partition coefficient (Wildman–Crippen LogP) is 5.77. The standard InChI is InChI=1S/C15H32S2/c1-2-3-4-5-6-7-8-9-10-11-12-15(13-16)14-17/h15-17H,2-14H2,1H3. The lowest BCUT2D eigenvalue weighted by atomic mass is 10.0. The predicted molar refractivity (Wildman–Crippen MR) is 87.7 cm³/mol. The molecule has 0 aliphatic carbocycles. The summed E-state index contributed by atoms with van der Waals surface area (Å²) in [7, 11) is 0. The molecule has 0 N–H and O–H groups in total. The Morgan fingerprint density at radius 2 is 1.06 bits per heavy atom. The van der Waals surface area contributed by atoms with E-state index in [0.717, 1.165) is 17.4 Å². The van der Waals surface area contributed by atoms with E-state index in [0.29, 0.717) is 0 Å². The molecule has 0 saturated heterocycles. The third-order valence-electron chi connectivity index (χ3n) is 3.48. The lowest BCUT2D eigenvalue weighted by Crippen LogP contribution is -2.03. The highest BCUT2D eigenvalue weighted by molar-refractivity contribution is 7.81. The summed E-state index contributed by atoms with van der Waals surface area (Å²) in [4.78, 5) is 0. The summed E-state index contributed by atoms with van der Waals surface area (Å²) >= 11 is 8.69. The minimum atomic E-state index is 0.732. The van der Waals surface area contributed by atoms with Gasteiger partial charge in [-0.3, -0.25) is 0 Å². The Morgan fingerprint density at radius 1 is 0.647 bits per heavy atom. The molecular formula is C15H32S2. The zero-order valence-corrected chi connectivity index (χ0v) is 13.5. The van der Waals surface area contributed by atoms with Crippen molar-refractivity contribution >= 4 is 25.3 Å². The molecule has 0 fully saturated rings. The van der Waals surface area contributed by atoms with Gasteiger partial charge in [-0.25, -0.2) is 0 Å². The molecule has 0 nitrogen and oxygen atoms in total. The van der Waals surface area contributed by atoms with Crippen LogP contribution in [0.4, 0.5) is 0 Å². The van der Waals surface area contributed by atoms with E-state index in [1.54, 1.807) is 0 Å². The molecule has 0 heterocycles. The molecule has 0 aliphatic rings. The van der Waals surface area contributed by atoms with Gasteiger partial charge < -0.3 is 0 Å². The largest absolute Gasteiger partial charge is 0.179 e. The van der Waals surface area contributed by atoms with E-state index >= 15 is 0 Å². The Labute approximate surface area is 120 Å². The molecule has 0 aromatic rings. The summed E-state index contributed by atoms with van der Waals surface area (Å²) in [6, 6.07) is 0. The molecule has 0 atom stereocenters. The van der Waals surface area contributed by atoms with E-state index in [9.17, 15) is 0 Å². The molecule has 0 saturated carbocycles. The van der Waals surface area contributed by atoms with Gasteiger partial charge in [-0.05, 0) is 23.8 Å². The van der Waals surface area contributed by atoms with E-state index < -0.39 is 0 Å². The Kier molecular flexibility index (Phi) is 15.4. The maximum absolute atomic E-state index is 4.35. The highest BCUT2D eigenvalue weighted by Crippen LogP contribution is 2.15. The van der Waals surface area contributed by atoms with Crippen LogP contribution in [-0.2, 0) is 0 Å². The second kappa shape index (κ2) is 14.8. The van der Waals surface area contributed by atoms with Crippen molar-refractivity contribution < 1.29 is 0 Å². The fraction of sp³-hybridized carbons (Fsp3) is 1.00. The summed E-state index contributed by atoms with van der Waals surface area (Å²) < 4.78 is 0. The molecule has 0 aromatic carbocycles. The molecule has 0 unspecified atom stereocenters. The van der Waals surface area contributed by atoms with Crippen molar-refractivity contribution in [3.05, 3.63) is 0 Å². The molecule has 0 amide bonds. The molecule has 0 aromatic heterocycles. The minimum Gasteiger partial charge on any atom is -0.179 e. The maximum atomic E-state index is 4.35. The molecule has 104 valence electrons. The van der Waals surface area contributed by atoms with Gasteiger partial charge in [0.05, 0.1) is 0 Å². The van der Waals surface area contributed by atoms with Crippen LogP contribution in [0, 0.1) is 5.92 Å². The van der Waals surface area contributed by atoms with Crippen molar-refractivity contribution in [2.75, 3.05) is 11.5 Å². The summed E-state index contributed by atoms with van der Waals surface area (Å²) in [6.45, 7) is 2.28. The van der Waals surface area contributed by atoms with Crippen molar-refractivity contribution in [3.8, 4) is 0 Å². The summed E-state index contributed by atoms with van der Waals surface area (Å²) in [5.74, 6) is 2.73. The highest BCUT2D eigenvalue weighted by atomic mass is 32.1. The highest BCUT2D eigenvalue weighted by Gasteiger charge is 2.03. The Bertz CT molecular complexity index is 133. The van der Waals surface area contributed by atoms with Gasteiger partial charge in [-0.1, -0.05) is 71.1 Å². The topological polar surface area (TPSA) is 0 Å². The SMILES string of the molecule is CCCCCCCCCCCCC(CS)CS. The molecule has 0 aliphatic heterocycles. The van der Waals surface area contributed by atoms with Crippen molar-refractivity contribution in [3.63, 3.8) is 0 Å². The van der Waals surface area contributed by atoms with E-state index in [-0.39, 0.29) is 0 Å². The average molecular weight is 277 g/mol. The summed E-state index contributed by atoms with van der Waals surface area (Å²) in [5.41, 5.74) is 0. The van der Waals surface area contributed by atoms with Crippen molar-refractivity contribution in [2.45, 2.75) is 77.6 Å². The molecule has 0 spiro atoms. The lowest BCUT2D eigenvalue weighted by Gasteiger charge is -2.10.